The summed E-state index contributed by atoms with van der Waals surface area (Å²) in [7, 11) is 0. The van der Waals surface area contributed by atoms with Gasteiger partial charge in [0.05, 0.1) is 9.75 Å². The van der Waals surface area contributed by atoms with Crippen molar-refractivity contribution in [2.45, 2.75) is 27.7 Å². The van der Waals surface area contributed by atoms with Gasteiger partial charge in [-0.25, -0.2) is 9.97 Å². The fourth-order valence-electron chi connectivity index (χ4n) is 5.55. The highest BCUT2D eigenvalue weighted by molar-refractivity contribution is 7.25. The average Bonchev–Trinajstić information content (AvgIpc) is 3.75. The molecule has 0 fully saturated rings. The lowest BCUT2D eigenvalue weighted by Crippen LogP contribution is -2.21. The number of phenols is 2. The molecule has 0 unspecified atom stereocenters. The van der Waals surface area contributed by atoms with E-state index >= 15 is 0 Å². The Morgan fingerprint density at radius 3 is 1.30 bits per heavy atom. The molecule has 0 amide bonds. The molecule has 0 radical (unpaired) electrons. The fraction of sp³-hybridized carbons (Fsp3) is 0.235. The first-order chi connectivity index (χ1) is 22.4. The lowest BCUT2D eigenvalue weighted by Gasteiger charge is -2.23. The average molecular weight is 651 g/mol. The Balaban J connectivity index is 1.25. The maximum absolute atomic E-state index is 10.9. The molecule has 0 atom stereocenters. The summed E-state index contributed by atoms with van der Waals surface area (Å²) in [6, 6.07) is 19.3. The van der Waals surface area contributed by atoms with Gasteiger partial charge in [-0.1, -0.05) is 71.2 Å². The topological polar surface area (TPSA) is 122 Å². The first kappa shape index (κ1) is 31.1. The Morgan fingerprint density at radius 1 is 0.565 bits per heavy atom. The maximum atomic E-state index is 10.9. The molecule has 0 aliphatic heterocycles. The molecular weight excluding hydrogens is 617 g/mol. The van der Waals surface area contributed by atoms with Crippen LogP contribution in [-0.4, -0.2) is 46.4 Å². The monoisotopic (exact) mass is 650 g/mol. The van der Waals surface area contributed by atoms with Crippen LogP contribution in [0.1, 0.15) is 27.7 Å². The standard InChI is InChI=1S/C34H34N8O2S2/c1-5-41(6-2)25-17-27(43)31(23-15-11-9-13-21(23)25)37-39-33-35-19-29(45-33)30-20-36-34(46-30)40-38-32-24-16-12-10-14-22(24)26(18-28(32)44)42(7-3)8-4/h9-20,43-44H,5-8H2,1-4H3. The summed E-state index contributed by atoms with van der Waals surface area (Å²) in [6.45, 7) is 11.7. The molecule has 6 rings (SSSR count). The number of fused-ring (bicyclic) bond motifs is 2. The van der Waals surface area contributed by atoms with E-state index in [4.69, 9.17) is 0 Å². The van der Waals surface area contributed by atoms with Gasteiger partial charge < -0.3 is 20.0 Å². The second-order valence-corrected chi connectivity index (χ2v) is 12.4. The zero-order valence-electron chi connectivity index (χ0n) is 26.0. The number of benzene rings is 4. The highest BCUT2D eigenvalue weighted by atomic mass is 32.1. The minimum absolute atomic E-state index is 0.0695. The van der Waals surface area contributed by atoms with E-state index in [0.29, 0.717) is 21.6 Å². The Bertz CT molecular complexity index is 1910. The van der Waals surface area contributed by atoms with E-state index in [1.165, 1.54) is 22.7 Å². The Labute approximate surface area is 275 Å². The molecule has 2 N–H and O–H groups in total. The molecule has 0 aliphatic carbocycles. The lowest BCUT2D eigenvalue weighted by atomic mass is 10.1. The van der Waals surface area contributed by atoms with Gasteiger partial charge in [-0.2, -0.15) is 0 Å². The van der Waals surface area contributed by atoms with Gasteiger partial charge in [-0.3, -0.25) is 0 Å². The van der Waals surface area contributed by atoms with Crippen LogP contribution < -0.4 is 9.80 Å². The summed E-state index contributed by atoms with van der Waals surface area (Å²) in [6.07, 6.45) is 3.44. The number of hydrogen-bond acceptors (Lipinski definition) is 12. The molecule has 0 saturated carbocycles. The Hall–Kier alpha value is -4.94. The lowest BCUT2D eigenvalue weighted by molar-refractivity contribution is 0.476. The first-order valence-corrected chi connectivity index (χ1v) is 16.8. The molecule has 0 saturated heterocycles. The van der Waals surface area contributed by atoms with Gasteiger partial charge in [0.1, 0.15) is 22.9 Å². The molecule has 4 aromatic carbocycles. The predicted octanol–water partition coefficient (Wildman–Crippen LogP) is 10.5. The number of aromatic nitrogens is 2. The van der Waals surface area contributed by atoms with Crippen molar-refractivity contribution in [2.75, 3.05) is 36.0 Å². The minimum Gasteiger partial charge on any atom is -0.506 e. The highest BCUT2D eigenvalue weighted by Crippen LogP contribution is 2.44. The van der Waals surface area contributed by atoms with Crippen molar-refractivity contribution < 1.29 is 10.2 Å². The number of phenolic OH excluding ortho intramolecular Hbond substituents is 2. The van der Waals surface area contributed by atoms with E-state index in [1.54, 1.807) is 24.5 Å². The van der Waals surface area contributed by atoms with Gasteiger partial charge in [0.15, 0.2) is 0 Å². The number of anilines is 2. The van der Waals surface area contributed by atoms with E-state index in [-0.39, 0.29) is 11.5 Å². The molecule has 0 spiro atoms. The minimum atomic E-state index is 0.0695. The van der Waals surface area contributed by atoms with Crippen LogP contribution in [0.25, 0.3) is 31.3 Å². The summed E-state index contributed by atoms with van der Waals surface area (Å²) < 4.78 is 0. The van der Waals surface area contributed by atoms with Crippen LogP contribution in [0, 0.1) is 0 Å². The SMILES string of the molecule is CCN(CC)c1cc(O)c(N=Nc2ncc(-c3cnc(N=Nc4c(O)cc(N(CC)CC)c5ccccc45)s3)s2)c2ccccc12. The van der Waals surface area contributed by atoms with Crippen molar-refractivity contribution in [3.05, 3.63) is 73.1 Å². The zero-order valence-corrected chi connectivity index (χ0v) is 27.7. The van der Waals surface area contributed by atoms with Crippen molar-refractivity contribution in [1.82, 2.24) is 9.97 Å². The molecule has 2 aromatic heterocycles. The second kappa shape index (κ2) is 13.6. The van der Waals surface area contributed by atoms with Crippen LogP contribution in [0.15, 0.2) is 93.5 Å². The van der Waals surface area contributed by atoms with Crippen molar-refractivity contribution in [3.63, 3.8) is 0 Å². The molecule has 0 aliphatic rings. The van der Waals surface area contributed by atoms with Gasteiger partial charge in [-0.15, -0.1) is 20.5 Å². The second-order valence-electron chi connectivity index (χ2n) is 10.4. The van der Waals surface area contributed by atoms with E-state index in [0.717, 1.165) is 68.9 Å². The van der Waals surface area contributed by atoms with Gasteiger partial charge >= 0.3 is 0 Å². The normalized spacial score (nSPS) is 11.8. The quantitative estimate of drug-likeness (QED) is 0.135. The number of thiazole rings is 2. The maximum Gasteiger partial charge on any atom is 0.230 e. The first-order valence-electron chi connectivity index (χ1n) is 15.2. The number of azo groups is 2. The van der Waals surface area contributed by atoms with Gasteiger partial charge in [0, 0.05) is 83.6 Å². The molecule has 46 heavy (non-hydrogen) atoms. The van der Waals surface area contributed by atoms with E-state index in [9.17, 15) is 10.2 Å². The molecule has 10 nitrogen and oxygen atoms in total. The van der Waals surface area contributed by atoms with Crippen LogP contribution in [0.3, 0.4) is 0 Å². The third-order valence-electron chi connectivity index (χ3n) is 7.86. The largest absolute Gasteiger partial charge is 0.506 e. The fourth-order valence-corrected chi connectivity index (χ4v) is 7.09. The molecule has 0 bridgehead atoms. The molecule has 6 aromatic rings. The summed E-state index contributed by atoms with van der Waals surface area (Å²) in [4.78, 5) is 15.0. The molecular formula is C34H34N8O2S2. The molecule has 2 heterocycles. The summed E-state index contributed by atoms with van der Waals surface area (Å²) in [5, 5.41) is 44.0. The third kappa shape index (κ3) is 6.01. The summed E-state index contributed by atoms with van der Waals surface area (Å²) in [5.41, 5.74) is 2.74. The van der Waals surface area contributed by atoms with Crippen molar-refractivity contribution in [1.29, 1.82) is 0 Å². The zero-order chi connectivity index (χ0) is 32.2. The summed E-state index contributed by atoms with van der Waals surface area (Å²) >= 11 is 2.73. The van der Waals surface area contributed by atoms with Crippen molar-refractivity contribution in [2.24, 2.45) is 20.5 Å². The van der Waals surface area contributed by atoms with Crippen LogP contribution in [0.2, 0.25) is 0 Å². The number of rotatable bonds is 11. The van der Waals surface area contributed by atoms with Crippen LogP contribution in [0.4, 0.5) is 33.0 Å². The number of nitrogens with zero attached hydrogens (tertiary/aromatic N) is 8. The highest BCUT2D eigenvalue weighted by Gasteiger charge is 2.17. The van der Waals surface area contributed by atoms with Crippen LogP contribution in [-0.2, 0) is 0 Å². The Kier molecular flexibility index (Phi) is 9.18. The van der Waals surface area contributed by atoms with E-state index in [2.05, 4.69) is 67.9 Å². The predicted molar refractivity (Wildman–Crippen MR) is 190 cm³/mol. The number of aromatic hydroxyl groups is 2. The van der Waals surface area contributed by atoms with Crippen molar-refractivity contribution >= 4 is 77.2 Å². The van der Waals surface area contributed by atoms with Crippen LogP contribution in [0.5, 0.6) is 11.5 Å². The van der Waals surface area contributed by atoms with E-state index < -0.39 is 0 Å². The number of hydrogen-bond donors (Lipinski definition) is 2. The van der Waals surface area contributed by atoms with Gasteiger partial charge in [-0.05, 0) is 27.7 Å². The van der Waals surface area contributed by atoms with E-state index in [1.807, 2.05) is 48.5 Å². The molecule has 234 valence electrons. The third-order valence-corrected chi connectivity index (χ3v) is 9.82. The smallest absolute Gasteiger partial charge is 0.230 e. The van der Waals surface area contributed by atoms with Crippen molar-refractivity contribution in [3.8, 4) is 21.3 Å². The van der Waals surface area contributed by atoms with Crippen LogP contribution >= 0.6 is 22.7 Å². The molecule has 12 heteroatoms. The Morgan fingerprint density at radius 2 is 0.935 bits per heavy atom. The van der Waals surface area contributed by atoms with Gasteiger partial charge in [0.2, 0.25) is 10.3 Å². The summed E-state index contributed by atoms with van der Waals surface area (Å²) in [5.74, 6) is 0.139. The van der Waals surface area contributed by atoms with Gasteiger partial charge in [0.25, 0.3) is 0 Å².